The van der Waals surface area contributed by atoms with Gasteiger partial charge in [0.1, 0.15) is 0 Å². The average molecular weight is 358 g/mol. The summed E-state index contributed by atoms with van der Waals surface area (Å²) in [6.07, 6.45) is 0.984. The maximum atomic E-state index is 12.3. The van der Waals surface area contributed by atoms with E-state index < -0.39 is 0 Å². The fourth-order valence-electron chi connectivity index (χ4n) is 2.10. The summed E-state index contributed by atoms with van der Waals surface area (Å²) in [4.78, 5) is 17.8. The number of hydrogen-bond donors (Lipinski definition) is 2. The summed E-state index contributed by atoms with van der Waals surface area (Å²) in [5.41, 5.74) is 2.05. The van der Waals surface area contributed by atoms with Crippen LogP contribution in [0.4, 0.5) is 5.69 Å². The number of aromatic nitrogens is 3. The van der Waals surface area contributed by atoms with Crippen LogP contribution in [0, 0.1) is 0 Å². The zero-order valence-corrected chi connectivity index (χ0v) is 15.1. The van der Waals surface area contributed by atoms with Crippen LogP contribution in [0.15, 0.2) is 46.9 Å². The van der Waals surface area contributed by atoms with Crippen LogP contribution in [-0.4, -0.2) is 26.3 Å². The second-order valence-corrected chi connectivity index (χ2v) is 7.50. The Morgan fingerprint density at radius 3 is 2.79 bits per heavy atom. The molecular weight excluding hydrogens is 340 g/mol. The first kappa shape index (κ1) is 16.7. The molecule has 0 unspecified atom stereocenters. The molecule has 0 aliphatic carbocycles. The topological polar surface area (TPSA) is 70.7 Å². The molecule has 0 saturated heterocycles. The van der Waals surface area contributed by atoms with Crippen molar-refractivity contribution in [3.8, 4) is 10.7 Å². The molecule has 0 saturated carbocycles. The van der Waals surface area contributed by atoms with Gasteiger partial charge in [-0.1, -0.05) is 36.9 Å². The lowest BCUT2D eigenvalue weighted by molar-refractivity contribution is -0.115. The van der Waals surface area contributed by atoms with Gasteiger partial charge in [-0.15, -0.1) is 16.4 Å². The molecule has 7 heteroatoms. The van der Waals surface area contributed by atoms with Crippen LogP contribution in [0.3, 0.4) is 0 Å². The largest absolute Gasteiger partial charge is 0.325 e. The van der Waals surface area contributed by atoms with Gasteiger partial charge in [0.15, 0.2) is 5.82 Å². The highest BCUT2D eigenvalue weighted by Crippen LogP contribution is 2.25. The van der Waals surface area contributed by atoms with Crippen molar-refractivity contribution < 1.29 is 4.79 Å². The van der Waals surface area contributed by atoms with Crippen molar-refractivity contribution in [3.05, 3.63) is 47.3 Å². The van der Waals surface area contributed by atoms with Gasteiger partial charge in [-0.3, -0.25) is 9.89 Å². The molecule has 5 nitrogen and oxygen atoms in total. The van der Waals surface area contributed by atoms with Crippen molar-refractivity contribution in [1.82, 2.24) is 15.2 Å². The number of anilines is 1. The number of hydrogen-bond acceptors (Lipinski definition) is 5. The summed E-state index contributed by atoms with van der Waals surface area (Å²) in [6.45, 7) is 3.95. The molecule has 0 aliphatic heterocycles. The minimum Gasteiger partial charge on any atom is -0.325 e. The Labute approximate surface area is 148 Å². The number of nitrogens with one attached hydrogen (secondary N) is 2. The molecule has 0 spiro atoms. The van der Waals surface area contributed by atoms with Gasteiger partial charge in [-0.25, -0.2) is 4.98 Å². The molecular formula is C17H18N4OS2. The van der Waals surface area contributed by atoms with Gasteiger partial charge in [0.05, 0.1) is 10.1 Å². The van der Waals surface area contributed by atoms with Crippen molar-refractivity contribution in [2.45, 2.75) is 30.7 Å². The molecule has 3 aromatic rings. The van der Waals surface area contributed by atoms with E-state index in [1.54, 1.807) is 11.3 Å². The first-order chi connectivity index (χ1) is 11.7. The van der Waals surface area contributed by atoms with Crippen molar-refractivity contribution in [3.63, 3.8) is 0 Å². The van der Waals surface area contributed by atoms with Crippen LogP contribution in [-0.2, 0) is 11.2 Å². The predicted molar refractivity (Wildman–Crippen MR) is 99.5 cm³/mol. The van der Waals surface area contributed by atoms with Crippen LogP contribution in [0.5, 0.6) is 0 Å². The third-order valence-corrected chi connectivity index (χ3v) is 5.34. The Bertz CT molecular complexity index is 796. The molecule has 124 valence electrons. The Morgan fingerprint density at radius 1 is 1.33 bits per heavy atom. The summed E-state index contributed by atoms with van der Waals surface area (Å²) < 4.78 is 0. The molecule has 2 heterocycles. The first-order valence-electron chi connectivity index (χ1n) is 7.68. The smallest absolute Gasteiger partial charge is 0.237 e. The van der Waals surface area contributed by atoms with E-state index in [0.29, 0.717) is 5.16 Å². The van der Waals surface area contributed by atoms with Crippen molar-refractivity contribution in [1.29, 1.82) is 0 Å². The van der Waals surface area contributed by atoms with Gasteiger partial charge in [0.25, 0.3) is 0 Å². The average Bonchev–Trinajstić information content (AvgIpc) is 3.26. The molecule has 0 fully saturated rings. The van der Waals surface area contributed by atoms with E-state index in [1.165, 1.54) is 17.3 Å². The number of aromatic amines is 1. The van der Waals surface area contributed by atoms with Gasteiger partial charge in [-0.05, 0) is 42.5 Å². The Kier molecular flexibility index (Phi) is 5.32. The normalized spacial score (nSPS) is 12.1. The molecule has 0 radical (unpaired) electrons. The minimum absolute atomic E-state index is 0.0632. The molecule has 0 bridgehead atoms. The summed E-state index contributed by atoms with van der Waals surface area (Å²) in [5, 5.41) is 12.3. The maximum Gasteiger partial charge on any atom is 0.237 e. The third kappa shape index (κ3) is 4.04. The van der Waals surface area contributed by atoms with Crippen LogP contribution < -0.4 is 5.32 Å². The number of nitrogens with zero attached hydrogens (tertiary/aromatic N) is 2. The van der Waals surface area contributed by atoms with Crippen LogP contribution in [0.1, 0.15) is 19.4 Å². The highest BCUT2D eigenvalue weighted by Gasteiger charge is 2.17. The lowest BCUT2D eigenvalue weighted by Gasteiger charge is -2.10. The molecule has 2 aromatic heterocycles. The van der Waals surface area contributed by atoms with Crippen LogP contribution in [0.2, 0.25) is 0 Å². The molecule has 1 atom stereocenters. The van der Waals surface area contributed by atoms with Crippen molar-refractivity contribution >= 4 is 34.7 Å². The number of thiophene rings is 1. The third-order valence-electron chi connectivity index (χ3n) is 3.50. The second kappa shape index (κ2) is 7.63. The number of carbonyl (C=O) groups excluding carboxylic acids is 1. The lowest BCUT2D eigenvalue weighted by Crippen LogP contribution is -2.22. The van der Waals surface area contributed by atoms with Gasteiger partial charge in [0, 0.05) is 5.69 Å². The highest BCUT2D eigenvalue weighted by atomic mass is 32.2. The van der Waals surface area contributed by atoms with Gasteiger partial charge >= 0.3 is 0 Å². The molecule has 1 aromatic carbocycles. The zero-order valence-electron chi connectivity index (χ0n) is 13.4. The number of H-pyrrole nitrogens is 1. The molecule has 3 rings (SSSR count). The summed E-state index contributed by atoms with van der Waals surface area (Å²) >= 11 is 2.93. The highest BCUT2D eigenvalue weighted by molar-refractivity contribution is 8.00. The maximum absolute atomic E-state index is 12.3. The van der Waals surface area contributed by atoms with E-state index in [1.807, 2.05) is 48.7 Å². The minimum atomic E-state index is -0.289. The second-order valence-electron chi connectivity index (χ2n) is 5.24. The zero-order chi connectivity index (χ0) is 16.9. The fourth-order valence-corrected chi connectivity index (χ4v) is 3.49. The fraction of sp³-hybridized carbons (Fsp3) is 0.235. The van der Waals surface area contributed by atoms with Gasteiger partial charge in [-0.2, -0.15) is 0 Å². The number of rotatable bonds is 6. The number of benzene rings is 1. The van der Waals surface area contributed by atoms with E-state index in [4.69, 9.17) is 0 Å². The number of thioether (sulfide) groups is 1. The van der Waals surface area contributed by atoms with E-state index in [2.05, 4.69) is 27.4 Å². The Balaban J connectivity index is 1.59. The molecule has 1 amide bonds. The standard InChI is InChI=1S/C17H18N4OS2/c1-3-12-6-8-13(9-7-12)18-16(22)11(2)24-17-19-15(20-21-17)14-5-4-10-23-14/h4-11H,3H2,1-2H3,(H,18,22)(H,19,20,21)/t11-/m1/s1. The van der Waals surface area contributed by atoms with Gasteiger partial charge in [0.2, 0.25) is 11.1 Å². The summed E-state index contributed by atoms with van der Waals surface area (Å²) in [6, 6.07) is 11.8. The Morgan fingerprint density at radius 2 is 2.12 bits per heavy atom. The van der Waals surface area contributed by atoms with E-state index in [9.17, 15) is 4.79 Å². The quantitative estimate of drug-likeness (QED) is 0.647. The van der Waals surface area contributed by atoms with Crippen molar-refractivity contribution in [2.24, 2.45) is 0 Å². The van der Waals surface area contributed by atoms with E-state index >= 15 is 0 Å². The van der Waals surface area contributed by atoms with Gasteiger partial charge < -0.3 is 5.32 Å². The molecule has 24 heavy (non-hydrogen) atoms. The summed E-state index contributed by atoms with van der Waals surface area (Å²) in [7, 11) is 0. The van der Waals surface area contributed by atoms with Crippen LogP contribution in [0.25, 0.3) is 10.7 Å². The number of carbonyl (C=O) groups is 1. The number of aryl methyl sites for hydroxylation is 1. The number of amides is 1. The Hall–Kier alpha value is -2.12. The van der Waals surface area contributed by atoms with E-state index in [0.717, 1.165) is 22.8 Å². The monoisotopic (exact) mass is 358 g/mol. The molecule has 2 N–H and O–H groups in total. The molecule has 0 aliphatic rings. The summed E-state index contributed by atoms with van der Waals surface area (Å²) in [5.74, 6) is 0.669. The predicted octanol–water partition coefficient (Wildman–Crippen LogP) is 4.21. The van der Waals surface area contributed by atoms with Crippen LogP contribution >= 0.6 is 23.1 Å². The lowest BCUT2D eigenvalue weighted by atomic mass is 10.1. The van der Waals surface area contributed by atoms with E-state index in [-0.39, 0.29) is 11.2 Å². The SMILES string of the molecule is CCc1ccc(NC(=O)[C@@H](C)Sc2n[nH]c(-c3cccs3)n2)cc1. The van der Waals surface area contributed by atoms with Crippen molar-refractivity contribution in [2.75, 3.05) is 5.32 Å². The first-order valence-corrected chi connectivity index (χ1v) is 9.44.